The Bertz CT molecular complexity index is 1010. The van der Waals surface area contributed by atoms with Gasteiger partial charge in [0.15, 0.2) is 0 Å². The number of nitrogens with zero attached hydrogens (tertiary/aromatic N) is 1. The van der Waals surface area contributed by atoms with Crippen molar-refractivity contribution in [3.8, 4) is 23.5 Å². The number of carbonyl (C=O) groups excluding carboxylic acids is 2. The predicted molar refractivity (Wildman–Crippen MR) is 120 cm³/mol. The molecule has 0 radical (unpaired) electrons. The predicted octanol–water partition coefficient (Wildman–Crippen LogP) is 3.24. The maximum Gasteiger partial charge on any atom is 0.407 e. The van der Waals surface area contributed by atoms with E-state index < -0.39 is 30.1 Å². The molecule has 1 aliphatic carbocycles. The van der Waals surface area contributed by atoms with Crippen LogP contribution in [0.25, 0.3) is 11.1 Å². The van der Waals surface area contributed by atoms with Crippen LogP contribution in [0.3, 0.4) is 0 Å². The first kappa shape index (κ1) is 22.9. The van der Waals surface area contributed by atoms with Crippen molar-refractivity contribution < 1.29 is 24.2 Å². The smallest absolute Gasteiger partial charge is 0.407 e. The third-order valence-electron chi connectivity index (χ3n) is 5.70. The van der Waals surface area contributed by atoms with E-state index in [0.29, 0.717) is 0 Å². The van der Waals surface area contributed by atoms with Crippen molar-refractivity contribution in [2.45, 2.75) is 38.3 Å². The first-order chi connectivity index (χ1) is 15.4. The van der Waals surface area contributed by atoms with Crippen molar-refractivity contribution in [1.82, 2.24) is 10.2 Å². The molecule has 2 aromatic carbocycles. The molecule has 2 unspecified atom stereocenters. The molecule has 2 aromatic rings. The maximum atomic E-state index is 12.8. The van der Waals surface area contributed by atoms with E-state index >= 15 is 0 Å². The minimum atomic E-state index is -1.14. The number of terminal acetylenes is 1. The van der Waals surface area contributed by atoms with Gasteiger partial charge in [-0.2, -0.15) is 0 Å². The highest BCUT2D eigenvalue weighted by atomic mass is 16.5. The van der Waals surface area contributed by atoms with Crippen LogP contribution in [0.4, 0.5) is 4.79 Å². The van der Waals surface area contributed by atoms with Crippen molar-refractivity contribution in [3.05, 3.63) is 59.7 Å². The highest BCUT2D eigenvalue weighted by Crippen LogP contribution is 2.44. The lowest BCUT2D eigenvalue weighted by Crippen LogP contribution is -2.53. The number of nitrogens with one attached hydrogen (secondary N) is 1. The number of aliphatic carboxylic acids is 1. The summed E-state index contributed by atoms with van der Waals surface area (Å²) < 4.78 is 5.48. The summed E-state index contributed by atoms with van der Waals surface area (Å²) in [7, 11) is 0. The fourth-order valence-electron chi connectivity index (χ4n) is 4.05. The van der Waals surface area contributed by atoms with Crippen LogP contribution in [0.1, 0.15) is 37.3 Å². The van der Waals surface area contributed by atoms with Gasteiger partial charge in [-0.15, -0.1) is 12.3 Å². The molecule has 2 atom stereocenters. The topological polar surface area (TPSA) is 95.9 Å². The van der Waals surface area contributed by atoms with E-state index in [1.807, 2.05) is 48.5 Å². The molecule has 2 amide bonds. The molecule has 0 fully saturated rings. The standard InChI is InChI=1S/C25H26N2O5/c1-4-10-22(23(28)27(5-2)16(3)24(29)30)26-25(31)32-15-21-19-13-8-6-11-17(19)18-12-7-9-14-20(18)21/h1,6-9,11-14,16,21-22H,5,10,15H2,2-3H3,(H,26,31)(H,29,30). The number of hydrogen-bond acceptors (Lipinski definition) is 4. The van der Waals surface area contributed by atoms with Gasteiger partial charge in [0.25, 0.3) is 0 Å². The van der Waals surface area contributed by atoms with Gasteiger partial charge in [0, 0.05) is 18.9 Å². The molecule has 166 valence electrons. The Morgan fingerprint density at radius 3 is 2.19 bits per heavy atom. The first-order valence-corrected chi connectivity index (χ1v) is 10.5. The monoisotopic (exact) mass is 434 g/mol. The number of carboxylic acid groups (broad SMARTS) is 1. The Morgan fingerprint density at radius 2 is 1.69 bits per heavy atom. The largest absolute Gasteiger partial charge is 0.480 e. The zero-order valence-electron chi connectivity index (χ0n) is 18.1. The van der Waals surface area contributed by atoms with E-state index in [2.05, 4.69) is 11.2 Å². The fraction of sp³-hybridized carbons (Fsp3) is 0.320. The van der Waals surface area contributed by atoms with Gasteiger partial charge in [-0.3, -0.25) is 4.79 Å². The summed E-state index contributed by atoms with van der Waals surface area (Å²) in [5.74, 6) is 0.543. The molecule has 0 saturated heterocycles. The first-order valence-electron chi connectivity index (χ1n) is 10.5. The van der Waals surface area contributed by atoms with Crippen LogP contribution in [0, 0.1) is 12.3 Å². The van der Waals surface area contributed by atoms with Crippen molar-refractivity contribution in [3.63, 3.8) is 0 Å². The minimum Gasteiger partial charge on any atom is -0.480 e. The van der Waals surface area contributed by atoms with Gasteiger partial charge in [0.05, 0.1) is 0 Å². The van der Waals surface area contributed by atoms with E-state index in [1.54, 1.807) is 6.92 Å². The number of rotatable bonds is 8. The molecule has 2 N–H and O–H groups in total. The zero-order valence-corrected chi connectivity index (χ0v) is 18.1. The van der Waals surface area contributed by atoms with Crippen LogP contribution in [0.5, 0.6) is 0 Å². The molecule has 1 aliphatic rings. The lowest BCUT2D eigenvalue weighted by molar-refractivity contribution is -0.150. The number of alkyl carbamates (subject to hydrolysis) is 1. The van der Waals surface area contributed by atoms with E-state index in [0.717, 1.165) is 27.2 Å². The highest BCUT2D eigenvalue weighted by molar-refractivity contribution is 5.89. The molecule has 0 aliphatic heterocycles. The maximum absolute atomic E-state index is 12.8. The molecule has 7 nitrogen and oxygen atoms in total. The van der Waals surface area contributed by atoms with Gasteiger partial charge in [0.1, 0.15) is 18.7 Å². The summed E-state index contributed by atoms with van der Waals surface area (Å²) in [6.45, 7) is 3.33. The van der Waals surface area contributed by atoms with Gasteiger partial charge < -0.3 is 20.1 Å². The van der Waals surface area contributed by atoms with Crippen LogP contribution in [0.2, 0.25) is 0 Å². The minimum absolute atomic E-state index is 0.0775. The third-order valence-corrected chi connectivity index (χ3v) is 5.70. The summed E-state index contributed by atoms with van der Waals surface area (Å²) >= 11 is 0. The number of ether oxygens (including phenoxy) is 1. The summed E-state index contributed by atoms with van der Waals surface area (Å²) in [5.41, 5.74) is 4.37. The van der Waals surface area contributed by atoms with E-state index in [4.69, 9.17) is 11.2 Å². The Kier molecular flexibility index (Phi) is 7.16. The lowest BCUT2D eigenvalue weighted by atomic mass is 9.98. The number of hydrogen-bond donors (Lipinski definition) is 2. The van der Waals surface area contributed by atoms with Crippen LogP contribution >= 0.6 is 0 Å². The average molecular weight is 434 g/mol. The van der Waals surface area contributed by atoms with Gasteiger partial charge in [-0.1, -0.05) is 48.5 Å². The van der Waals surface area contributed by atoms with E-state index in [9.17, 15) is 19.5 Å². The second kappa shape index (κ2) is 10.0. The zero-order chi connectivity index (χ0) is 23.3. The molecule has 0 spiro atoms. The Morgan fingerprint density at radius 1 is 1.12 bits per heavy atom. The fourth-order valence-corrected chi connectivity index (χ4v) is 4.05. The Hall–Kier alpha value is -3.79. The van der Waals surface area contributed by atoms with Crippen molar-refractivity contribution in [2.24, 2.45) is 0 Å². The van der Waals surface area contributed by atoms with E-state index in [1.165, 1.54) is 6.92 Å². The third kappa shape index (κ3) is 4.59. The van der Waals surface area contributed by atoms with E-state index in [-0.39, 0.29) is 25.5 Å². The summed E-state index contributed by atoms with van der Waals surface area (Å²) in [6.07, 6.45) is 4.52. The number of fused-ring (bicyclic) bond motifs is 3. The van der Waals surface area contributed by atoms with Gasteiger partial charge in [-0.05, 0) is 36.1 Å². The summed E-state index contributed by atoms with van der Waals surface area (Å²) in [5, 5.41) is 11.8. The van der Waals surface area contributed by atoms with Gasteiger partial charge in [0.2, 0.25) is 5.91 Å². The molecule has 0 saturated carbocycles. The Labute approximate surface area is 187 Å². The Balaban J connectivity index is 1.70. The quantitative estimate of drug-likeness (QED) is 0.622. The number of carboxylic acids is 1. The number of likely N-dealkylation sites (N-methyl/N-ethyl adjacent to an activating group) is 1. The van der Waals surface area contributed by atoms with Crippen molar-refractivity contribution >= 4 is 18.0 Å². The summed E-state index contributed by atoms with van der Waals surface area (Å²) in [6, 6.07) is 13.8. The van der Waals surface area contributed by atoms with Crippen LogP contribution in [0.15, 0.2) is 48.5 Å². The molecule has 32 heavy (non-hydrogen) atoms. The highest BCUT2D eigenvalue weighted by Gasteiger charge is 2.32. The molecular weight excluding hydrogens is 408 g/mol. The molecular formula is C25H26N2O5. The number of carbonyl (C=O) groups is 3. The summed E-state index contributed by atoms with van der Waals surface area (Å²) in [4.78, 5) is 37.8. The lowest BCUT2D eigenvalue weighted by Gasteiger charge is -2.29. The molecule has 0 heterocycles. The molecule has 7 heteroatoms. The molecule has 3 rings (SSSR count). The van der Waals surface area contributed by atoms with Gasteiger partial charge in [-0.25, -0.2) is 9.59 Å². The van der Waals surface area contributed by atoms with Crippen LogP contribution in [-0.2, 0) is 14.3 Å². The average Bonchev–Trinajstić information content (AvgIpc) is 3.11. The van der Waals surface area contributed by atoms with Crippen molar-refractivity contribution in [1.29, 1.82) is 0 Å². The normalized spacial score (nSPS) is 13.8. The van der Waals surface area contributed by atoms with Crippen LogP contribution < -0.4 is 5.32 Å². The number of amides is 2. The van der Waals surface area contributed by atoms with Crippen LogP contribution in [-0.4, -0.2) is 53.2 Å². The second-order valence-electron chi connectivity index (χ2n) is 7.57. The van der Waals surface area contributed by atoms with Gasteiger partial charge >= 0.3 is 12.1 Å². The number of benzene rings is 2. The molecule has 0 bridgehead atoms. The SMILES string of the molecule is C#CCC(NC(=O)OCC1c2ccccc2-c2ccccc21)C(=O)N(CC)C(C)C(=O)O. The second-order valence-corrected chi connectivity index (χ2v) is 7.57. The molecule has 0 aromatic heterocycles. The van der Waals surface area contributed by atoms with Crippen molar-refractivity contribution in [2.75, 3.05) is 13.2 Å².